The second-order valence-electron chi connectivity index (χ2n) is 3.07. The lowest BCUT2D eigenvalue weighted by atomic mass is 10.1. The van der Waals surface area contributed by atoms with Crippen LogP contribution in [0.4, 0.5) is 0 Å². The molecule has 14 heavy (non-hydrogen) atoms. The minimum Gasteiger partial charge on any atom is -0.508 e. The van der Waals surface area contributed by atoms with Gasteiger partial charge in [0.15, 0.2) is 0 Å². The first-order valence-electron chi connectivity index (χ1n) is 4.42. The van der Waals surface area contributed by atoms with Crippen molar-refractivity contribution in [3.8, 4) is 5.75 Å². The number of aliphatic imine (C=N–C) groups is 1. The molecule has 1 aromatic rings. The fraction of sp³-hybridized carbons (Fsp3) is 0.200. The van der Waals surface area contributed by atoms with Gasteiger partial charge >= 0.3 is 0 Å². The highest BCUT2D eigenvalue weighted by atomic mass is 16.3. The molecule has 0 bridgehead atoms. The van der Waals surface area contributed by atoms with E-state index in [1.54, 1.807) is 18.3 Å². The van der Waals surface area contributed by atoms with Crippen LogP contribution in [0.5, 0.6) is 5.75 Å². The van der Waals surface area contributed by atoms with E-state index in [0.29, 0.717) is 6.67 Å². The van der Waals surface area contributed by atoms with Gasteiger partial charge in [-0.15, -0.1) is 0 Å². The van der Waals surface area contributed by atoms with Gasteiger partial charge in [0.1, 0.15) is 12.4 Å². The minimum atomic E-state index is 0.283. The molecule has 0 amide bonds. The zero-order chi connectivity index (χ0) is 9.80. The molecule has 4 heteroatoms. The fourth-order valence-electron chi connectivity index (χ4n) is 1.27. The summed E-state index contributed by atoms with van der Waals surface area (Å²) in [7, 11) is 0. The average Bonchev–Trinajstić information content (AvgIpc) is 2.23. The maximum absolute atomic E-state index is 9.09. The van der Waals surface area contributed by atoms with E-state index in [1.807, 2.05) is 12.1 Å². The molecule has 1 aliphatic rings. The van der Waals surface area contributed by atoms with Crippen LogP contribution in [0.1, 0.15) is 5.56 Å². The van der Waals surface area contributed by atoms with E-state index in [9.17, 15) is 0 Å². The van der Waals surface area contributed by atoms with E-state index >= 15 is 0 Å². The largest absolute Gasteiger partial charge is 0.508 e. The van der Waals surface area contributed by atoms with Crippen LogP contribution < -0.4 is 5.43 Å². The normalized spacial score (nSPS) is 14.7. The third-order valence-corrected chi connectivity index (χ3v) is 1.95. The van der Waals surface area contributed by atoms with Gasteiger partial charge in [-0.25, -0.2) is 0 Å². The van der Waals surface area contributed by atoms with Gasteiger partial charge < -0.3 is 5.11 Å². The monoisotopic (exact) mass is 189 g/mol. The van der Waals surface area contributed by atoms with Crippen LogP contribution in [0.25, 0.3) is 0 Å². The van der Waals surface area contributed by atoms with Gasteiger partial charge in [-0.05, 0) is 17.7 Å². The lowest BCUT2D eigenvalue weighted by Crippen LogP contribution is -2.19. The van der Waals surface area contributed by atoms with Crippen LogP contribution in [0.3, 0.4) is 0 Å². The zero-order valence-corrected chi connectivity index (χ0v) is 7.64. The van der Waals surface area contributed by atoms with Crippen molar-refractivity contribution in [3.63, 3.8) is 0 Å². The van der Waals surface area contributed by atoms with Crippen LogP contribution in [-0.2, 0) is 6.42 Å². The summed E-state index contributed by atoms with van der Waals surface area (Å²) in [6.45, 7) is 0.555. The number of nitrogens with zero attached hydrogens (tertiary/aromatic N) is 2. The highest BCUT2D eigenvalue weighted by molar-refractivity contribution is 6.31. The van der Waals surface area contributed by atoms with Crippen molar-refractivity contribution in [2.45, 2.75) is 6.42 Å². The highest BCUT2D eigenvalue weighted by Gasteiger charge is 2.01. The van der Waals surface area contributed by atoms with Crippen molar-refractivity contribution in [2.75, 3.05) is 6.67 Å². The maximum Gasteiger partial charge on any atom is 0.123 e. The Balaban J connectivity index is 2.07. The predicted molar refractivity (Wildman–Crippen MR) is 55.7 cm³/mol. The first-order valence-corrected chi connectivity index (χ1v) is 4.42. The highest BCUT2D eigenvalue weighted by Crippen LogP contribution is 2.10. The molecule has 0 saturated heterocycles. The second kappa shape index (κ2) is 3.91. The Kier molecular flexibility index (Phi) is 2.44. The number of rotatable bonds is 2. The summed E-state index contributed by atoms with van der Waals surface area (Å²) < 4.78 is 0. The second-order valence-corrected chi connectivity index (χ2v) is 3.07. The van der Waals surface area contributed by atoms with E-state index in [4.69, 9.17) is 5.11 Å². The van der Waals surface area contributed by atoms with Crippen molar-refractivity contribution in [2.24, 2.45) is 10.1 Å². The summed E-state index contributed by atoms with van der Waals surface area (Å²) in [5.74, 6) is 0.283. The minimum absolute atomic E-state index is 0.283. The van der Waals surface area contributed by atoms with Gasteiger partial charge in [0.2, 0.25) is 0 Å². The average molecular weight is 189 g/mol. The molecule has 2 rings (SSSR count). The maximum atomic E-state index is 9.09. The molecule has 4 nitrogen and oxygen atoms in total. The number of phenols is 1. The summed E-state index contributed by atoms with van der Waals surface area (Å²) in [5, 5.41) is 13.2. The molecule has 72 valence electrons. The quantitative estimate of drug-likeness (QED) is 0.726. The van der Waals surface area contributed by atoms with Crippen LogP contribution in [0, 0.1) is 0 Å². The molecule has 0 fully saturated rings. The van der Waals surface area contributed by atoms with E-state index in [0.717, 1.165) is 17.7 Å². The van der Waals surface area contributed by atoms with Crippen molar-refractivity contribution in [3.05, 3.63) is 29.8 Å². The number of benzene rings is 1. The third-order valence-electron chi connectivity index (χ3n) is 1.95. The van der Waals surface area contributed by atoms with E-state index in [-0.39, 0.29) is 5.75 Å². The van der Waals surface area contributed by atoms with Crippen LogP contribution in [0.2, 0.25) is 0 Å². The molecule has 0 aliphatic carbocycles. The Hall–Kier alpha value is -1.84. The third kappa shape index (κ3) is 2.10. The van der Waals surface area contributed by atoms with Crippen molar-refractivity contribution in [1.82, 2.24) is 5.43 Å². The molecule has 0 atom stereocenters. The lowest BCUT2D eigenvalue weighted by molar-refractivity contribution is 0.475. The van der Waals surface area contributed by atoms with Gasteiger partial charge in [-0.1, -0.05) is 12.1 Å². The van der Waals surface area contributed by atoms with Gasteiger partial charge in [0.05, 0.1) is 5.71 Å². The summed E-state index contributed by atoms with van der Waals surface area (Å²) in [6, 6.07) is 7.09. The first-order chi connectivity index (χ1) is 6.84. The summed E-state index contributed by atoms with van der Waals surface area (Å²) in [6.07, 6.45) is 2.50. The molecule has 0 spiro atoms. The standard InChI is InChI=1S/C10H11N3O/c14-10-3-1-8(2-4-10)5-9-6-11-7-12-13-9/h1-4,6,12,14H,5,7H2. The molecular formula is C10H11N3O. The smallest absolute Gasteiger partial charge is 0.123 e. The SMILES string of the molecule is Oc1ccc(CC2=NNCN=C2)cc1. The van der Waals surface area contributed by atoms with Gasteiger partial charge in [0.25, 0.3) is 0 Å². The van der Waals surface area contributed by atoms with Gasteiger partial charge in [-0.3, -0.25) is 10.4 Å². The molecular weight excluding hydrogens is 178 g/mol. The van der Waals surface area contributed by atoms with Crippen LogP contribution in [-0.4, -0.2) is 23.7 Å². The van der Waals surface area contributed by atoms with Gasteiger partial charge in [-0.2, -0.15) is 5.10 Å². The van der Waals surface area contributed by atoms with E-state index in [2.05, 4.69) is 15.5 Å². The summed E-state index contributed by atoms with van der Waals surface area (Å²) >= 11 is 0. The Morgan fingerprint density at radius 3 is 2.71 bits per heavy atom. The Morgan fingerprint density at radius 2 is 2.07 bits per heavy atom. The number of hydrazone groups is 1. The van der Waals surface area contributed by atoms with Crippen molar-refractivity contribution < 1.29 is 5.11 Å². The Morgan fingerprint density at radius 1 is 1.29 bits per heavy atom. The summed E-state index contributed by atoms with van der Waals surface area (Å²) in [4.78, 5) is 4.06. The number of phenolic OH excluding ortho intramolecular Hbond substituents is 1. The number of aromatic hydroxyl groups is 1. The molecule has 1 aromatic carbocycles. The molecule has 0 saturated carbocycles. The molecule has 0 radical (unpaired) electrons. The van der Waals surface area contributed by atoms with Crippen molar-refractivity contribution in [1.29, 1.82) is 0 Å². The van der Waals surface area contributed by atoms with E-state index < -0.39 is 0 Å². The molecule has 0 aromatic heterocycles. The molecule has 1 heterocycles. The van der Waals surface area contributed by atoms with Crippen LogP contribution >= 0.6 is 0 Å². The topological polar surface area (TPSA) is 57.0 Å². The van der Waals surface area contributed by atoms with Crippen molar-refractivity contribution >= 4 is 11.9 Å². The van der Waals surface area contributed by atoms with Gasteiger partial charge in [0, 0.05) is 12.6 Å². The predicted octanol–water partition coefficient (Wildman–Crippen LogP) is 0.922. The van der Waals surface area contributed by atoms with Crippen LogP contribution in [0.15, 0.2) is 34.4 Å². The Labute approximate surface area is 82.0 Å². The zero-order valence-electron chi connectivity index (χ0n) is 7.64. The Bertz CT molecular complexity index is 367. The summed E-state index contributed by atoms with van der Waals surface area (Å²) in [5.41, 5.74) is 4.82. The lowest BCUT2D eigenvalue weighted by Gasteiger charge is -2.06. The first kappa shape index (κ1) is 8.74. The molecule has 1 aliphatic heterocycles. The fourth-order valence-corrected chi connectivity index (χ4v) is 1.27. The number of hydrogen-bond donors (Lipinski definition) is 2. The molecule has 2 N–H and O–H groups in total. The van der Waals surface area contributed by atoms with E-state index in [1.165, 1.54) is 0 Å². The number of nitrogens with one attached hydrogen (secondary N) is 1. The molecule has 0 unspecified atom stereocenters. The number of hydrogen-bond acceptors (Lipinski definition) is 4.